The number of amides is 1. The fourth-order valence-corrected chi connectivity index (χ4v) is 1.65. The maximum atomic E-state index is 12.6. The molecule has 0 aromatic heterocycles. The third kappa shape index (κ3) is 2.06. The predicted molar refractivity (Wildman–Crippen MR) is 49.7 cm³/mol. The average molecular weight is 219 g/mol. The van der Waals surface area contributed by atoms with Gasteiger partial charge in [-0.25, -0.2) is 0 Å². The molecule has 0 aromatic rings. The van der Waals surface area contributed by atoms with Crippen LogP contribution in [0.5, 0.6) is 0 Å². The number of primary amides is 1. The second kappa shape index (κ2) is 3.72. The molecule has 1 aliphatic rings. The number of allylic oxidation sites excluding steroid dienone is 3. The highest BCUT2D eigenvalue weighted by atomic mass is 19.4. The van der Waals surface area contributed by atoms with E-state index in [1.54, 1.807) is 6.08 Å². The Bertz CT molecular complexity index is 319. The number of nitrogens with two attached hydrogens (primary N) is 1. The van der Waals surface area contributed by atoms with Crippen molar-refractivity contribution < 1.29 is 18.0 Å². The van der Waals surface area contributed by atoms with E-state index in [1.807, 2.05) is 0 Å². The quantitative estimate of drug-likeness (QED) is 0.759. The van der Waals surface area contributed by atoms with Crippen LogP contribution in [-0.4, -0.2) is 12.1 Å². The fraction of sp³-hybridized carbons (Fsp3) is 0.500. The van der Waals surface area contributed by atoms with Gasteiger partial charge in [0.1, 0.15) is 0 Å². The molecule has 5 heteroatoms. The van der Waals surface area contributed by atoms with Crippen LogP contribution in [0.25, 0.3) is 0 Å². The van der Waals surface area contributed by atoms with Gasteiger partial charge in [0.05, 0.1) is 11.3 Å². The van der Waals surface area contributed by atoms with Crippen LogP contribution >= 0.6 is 0 Å². The minimum atomic E-state index is -4.43. The third-order valence-corrected chi connectivity index (χ3v) is 2.82. The molecule has 2 nitrogen and oxygen atoms in total. The SMILES string of the molecule is CC(C(F)(F)F)C1(C(N)=O)C=CC=CC1. The number of alkyl halides is 3. The molecule has 0 aromatic carbocycles. The topological polar surface area (TPSA) is 43.1 Å². The van der Waals surface area contributed by atoms with Gasteiger partial charge in [0, 0.05) is 0 Å². The number of hydrogen-bond donors (Lipinski definition) is 1. The van der Waals surface area contributed by atoms with E-state index in [-0.39, 0.29) is 6.42 Å². The number of hydrogen-bond acceptors (Lipinski definition) is 1. The van der Waals surface area contributed by atoms with Gasteiger partial charge in [-0.2, -0.15) is 13.2 Å². The first-order chi connectivity index (χ1) is 6.81. The fourth-order valence-electron chi connectivity index (χ4n) is 1.65. The molecule has 0 spiro atoms. The van der Waals surface area contributed by atoms with Crippen LogP contribution in [0, 0.1) is 11.3 Å². The van der Waals surface area contributed by atoms with E-state index in [2.05, 4.69) is 0 Å². The van der Waals surface area contributed by atoms with E-state index < -0.39 is 23.4 Å². The van der Waals surface area contributed by atoms with Gasteiger partial charge < -0.3 is 5.73 Å². The Morgan fingerprint density at radius 2 is 2.07 bits per heavy atom. The molecule has 1 amide bonds. The molecule has 2 N–H and O–H groups in total. The van der Waals surface area contributed by atoms with Crippen LogP contribution in [0.3, 0.4) is 0 Å². The lowest BCUT2D eigenvalue weighted by atomic mass is 9.71. The maximum absolute atomic E-state index is 12.6. The van der Waals surface area contributed by atoms with E-state index in [0.717, 1.165) is 6.92 Å². The highest BCUT2D eigenvalue weighted by Crippen LogP contribution is 2.44. The molecule has 0 fully saturated rings. The Balaban J connectivity index is 3.08. The van der Waals surface area contributed by atoms with Gasteiger partial charge in [-0.15, -0.1) is 0 Å². The van der Waals surface area contributed by atoms with Crippen molar-refractivity contribution in [3.8, 4) is 0 Å². The molecule has 2 unspecified atom stereocenters. The normalized spacial score (nSPS) is 27.7. The van der Waals surface area contributed by atoms with Crippen LogP contribution in [0.15, 0.2) is 24.3 Å². The highest BCUT2D eigenvalue weighted by molar-refractivity contribution is 5.84. The Kier molecular flexibility index (Phi) is 2.93. The molecule has 1 aliphatic carbocycles. The summed E-state index contributed by atoms with van der Waals surface area (Å²) in [6, 6.07) is 0. The molecule has 0 saturated heterocycles. The third-order valence-electron chi connectivity index (χ3n) is 2.82. The lowest BCUT2D eigenvalue weighted by molar-refractivity contribution is -0.196. The molecule has 2 atom stereocenters. The summed E-state index contributed by atoms with van der Waals surface area (Å²) in [6.07, 6.45) is 1.37. The Morgan fingerprint density at radius 3 is 2.40 bits per heavy atom. The second-order valence-corrected chi connectivity index (χ2v) is 3.66. The zero-order valence-electron chi connectivity index (χ0n) is 8.21. The molecule has 0 saturated carbocycles. The van der Waals surface area contributed by atoms with Crippen molar-refractivity contribution in [3.63, 3.8) is 0 Å². The minimum Gasteiger partial charge on any atom is -0.369 e. The van der Waals surface area contributed by atoms with Crippen molar-refractivity contribution in [2.45, 2.75) is 19.5 Å². The van der Waals surface area contributed by atoms with Crippen LogP contribution in [0.2, 0.25) is 0 Å². The van der Waals surface area contributed by atoms with Crippen molar-refractivity contribution in [2.75, 3.05) is 0 Å². The molecule has 0 radical (unpaired) electrons. The summed E-state index contributed by atoms with van der Waals surface area (Å²) in [7, 11) is 0. The number of carbonyl (C=O) groups excluding carboxylic acids is 1. The molecule has 84 valence electrons. The average Bonchev–Trinajstić information content (AvgIpc) is 2.16. The summed E-state index contributed by atoms with van der Waals surface area (Å²) in [5, 5.41) is 0. The smallest absolute Gasteiger partial charge is 0.369 e. The van der Waals surface area contributed by atoms with Gasteiger partial charge in [0.25, 0.3) is 0 Å². The van der Waals surface area contributed by atoms with Crippen molar-refractivity contribution in [2.24, 2.45) is 17.1 Å². The van der Waals surface area contributed by atoms with Crippen LogP contribution in [0.1, 0.15) is 13.3 Å². The van der Waals surface area contributed by atoms with Gasteiger partial charge >= 0.3 is 6.18 Å². The summed E-state index contributed by atoms with van der Waals surface area (Å²) >= 11 is 0. The van der Waals surface area contributed by atoms with Gasteiger partial charge in [-0.1, -0.05) is 31.2 Å². The molecular formula is C10H12F3NO. The van der Waals surface area contributed by atoms with Crippen LogP contribution in [-0.2, 0) is 4.79 Å². The summed E-state index contributed by atoms with van der Waals surface area (Å²) in [5.41, 5.74) is 3.44. The van der Waals surface area contributed by atoms with Crippen molar-refractivity contribution in [3.05, 3.63) is 24.3 Å². The van der Waals surface area contributed by atoms with Gasteiger partial charge in [0.15, 0.2) is 0 Å². The molecular weight excluding hydrogens is 207 g/mol. The second-order valence-electron chi connectivity index (χ2n) is 3.66. The van der Waals surface area contributed by atoms with Crippen molar-refractivity contribution >= 4 is 5.91 Å². The van der Waals surface area contributed by atoms with Crippen molar-refractivity contribution in [1.82, 2.24) is 0 Å². The van der Waals surface area contributed by atoms with Crippen LogP contribution < -0.4 is 5.73 Å². The van der Waals surface area contributed by atoms with E-state index in [4.69, 9.17) is 5.73 Å². The van der Waals surface area contributed by atoms with Gasteiger partial charge in [-0.3, -0.25) is 4.79 Å². The zero-order chi connectivity index (χ0) is 11.7. The number of halogens is 3. The largest absolute Gasteiger partial charge is 0.392 e. The molecule has 1 rings (SSSR count). The lowest BCUT2D eigenvalue weighted by Crippen LogP contribution is -2.46. The summed E-state index contributed by atoms with van der Waals surface area (Å²) < 4.78 is 37.7. The van der Waals surface area contributed by atoms with Gasteiger partial charge in [0.2, 0.25) is 5.91 Å². The maximum Gasteiger partial charge on any atom is 0.392 e. The Hall–Kier alpha value is -1.26. The number of rotatable bonds is 2. The summed E-state index contributed by atoms with van der Waals surface area (Å²) in [5.74, 6) is -2.71. The van der Waals surface area contributed by atoms with E-state index in [1.165, 1.54) is 18.2 Å². The summed E-state index contributed by atoms with van der Waals surface area (Å²) in [6.45, 7) is 0.980. The van der Waals surface area contributed by atoms with Crippen LogP contribution in [0.4, 0.5) is 13.2 Å². The predicted octanol–water partition coefficient (Wildman–Crippen LogP) is 2.17. The monoisotopic (exact) mass is 219 g/mol. The Labute approximate surface area is 85.6 Å². The van der Waals surface area contributed by atoms with E-state index in [0.29, 0.717) is 0 Å². The Morgan fingerprint density at radius 1 is 1.47 bits per heavy atom. The van der Waals surface area contributed by atoms with Gasteiger partial charge in [-0.05, 0) is 6.42 Å². The van der Waals surface area contributed by atoms with Crippen molar-refractivity contribution in [1.29, 1.82) is 0 Å². The van der Waals surface area contributed by atoms with E-state index in [9.17, 15) is 18.0 Å². The lowest BCUT2D eigenvalue weighted by Gasteiger charge is -2.35. The standard InChI is InChI=1S/C10H12F3NO/c1-7(10(11,12)13)9(8(14)15)5-3-2-4-6-9/h2-5,7H,6H2,1H3,(H2,14,15). The van der Waals surface area contributed by atoms with E-state index >= 15 is 0 Å². The minimum absolute atomic E-state index is 0.000486. The number of carbonyl (C=O) groups is 1. The summed E-state index contributed by atoms with van der Waals surface area (Å²) in [4.78, 5) is 11.2. The molecule has 0 aliphatic heterocycles. The molecule has 0 heterocycles. The molecule has 15 heavy (non-hydrogen) atoms. The first kappa shape index (κ1) is 11.8. The first-order valence-corrected chi connectivity index (χ1v) is 4.51. The molecule has 0 bridgehead atoms. The zero-order valence-corrected chi connectivity index (χ0v) is 8.21. The first-order valence-electron chi connectivity index (χ1n) is 4.51. The highest BCUT2D eigenvalue weighted by Gasteiger charge is 2.52.